The third-order valence-electron chi connectivity index (χ3n) is 10.0. The third kappa shape index (κ3) is 3.13. The Labute approximate surface area is 180 Å². The monoisotopic (exact) mass is 422 g/mol. The smallest absolute Gasteiger partial charge is 0.379 e. The summed E-state index contributed by atoms with van der Waals surface area (Å²) in [5.74, 6) is 4.39. The van der Waals surface area contributed by atoms with Gasteiger partial charge in [-0.1, -0.05) is 52.4 Å². The highest BCUT2D eigenvalue weighted by molar-refractivity contribution is 6.74. The molecule has 4 aliphatic rings. The van der Waals surface area contributed by atoms with Crippen LogP contribution in [0.1, 0.15) is 79.1 Å². The highest BCUT2D eigenvalue weighted by Gasteiger charge is 2.73. The number of hydrogen-bond donors (Lipinski definition) is 2. The molecule has 0 aromatic heterocycles. The molecule has 8 unspecified atom stereocenters. The van der Waals surface area contributed by atoms with Crippen LogP contribution in [0, 0.1) is 35.5 Å². The highest BCUT2D eigenvalue weighted by atomic mass is 28.4. The van der Waals surface area contributed by atoms with Gasteiger partial charge in [-0.15, -0.1) is 0 Å². The van der Waals surface area contributed by atoms with Crippen molar-refractivity contribution < 1.29 is 8.85 Å². The average Bonchev–Trinajstić information content (AvgIpc) is 2.69. The molecular formula is C24H46N2O2Si. The van der Waals surface area contributed by atoms with Gasteiger partial charge in [-0.25, -0.2) is 0 Å². The molecule has 5 heteroatoms. The van der Waals surface area contributed by atoms with Gasteiger partial charge in [0, 0.05) is 14.2 Å². The summed E-state index contributed by atoms with van der Waals surface area (Å²) in [5.41, 5.74) is 0. The third-order valence-corrected chi connectivity index (χ3v) is 14.9. The predicted octanol–water partition coefficient (Wildman–Crippen LogP) is 4.41. The molecule has 2 saturated carbocycles. The Morgan fingerprint density at radius 3 is 1.48 bits per heavy atom. The van der Waals surface area contributed by atoms with E-state index >= 15 is 0 Å². The molecule has 4 rings (SSSR count). The second kappa shape index (κ2) is 8.20. The van der Waals surface area contributed by atoms with E-state index in [1.807, 2.05) is 14.2 Å². The van der Waals surface area contributed by atoms with Crippen LogP contribution in [-0.4, -0.2) is 46.2 Å². The van der Waals surface area contributed by atoms with E-state index in [0.717, 1.165) is 36.8 Å². The molecule has 4 nitrogen and oxygen atoms in total. The Bertz CT molecular complexity index is 535. The van der Waals surface area contributed by atoms with Crippen molar-refractivity contribution >= 4 is 8.56 Å². The van der Waals surface area contributed by atoms with E-state index in [4.69, 9.17) is 8.85 Å². The fourth-order valence-electron chi connectivity index (χ4n) is 9.19. The molecule has 0 spiro atoms. The molecule has 2 heterocycles. The van der Waals surface area contributed by atoms with Crippen molar-refractivity contribution in [2.75, 3.05) is 27.3 Å². The SMILES string of the molecule is CO[Si](OC)(C1(C)NCCC2CCCC(C)C21)C1(C)NCCC2CCCC(C)C21. The first-order chi connectivity index (χ1) is 13.8. The van der Waals surface area contributed by atoms with Crippen LogP contribution in [0.3, 0.4) is 0 Å². The van der Waals surface area contributed by atoms with E-state index in [2.05, 4.69) is 38.3 Å². The summed E-state index contributed by atoms with van der Waals surface area (Å²) in [7, 11) is 1.21. The minimum Gasteiger partial charge on any atom is -0.396 e. The normalized spacial score (nSPS) is 48.6. The molecule has 4 fully saturated rings. The summed E-state index contributed by atoms with van der Waals surface area (Å²) in [4.78, 5) is 0. The van der Waals surface area contributed by atoms with E-state index in [-0.39, 0.29) is 10.3 Å². The standard InChI is InChI=1S/C24H46N2O2Si/c1-17-9-7-11-19-13-15-25-23(3,21(17)19)29(27-5,28-6)24(4)22-18(2)10-8-12-20(22)14-16-26-24/h17-22,25-26H,7-16H2,1-6H3. The first-order valence-corrected chi connectivity index (χ1v) is 14.3. The first-order valence-electron chi connectivity index (χ1n) is 12.4. The van der Waals surface area contributed by atoms with Gasteiger partial charge >= 0.3 is 8.56 Å². The Hall–Kier alpha value is 0.0569. The molecule has 0 aromatic carbocycles. The fourth-order valence-corrected chi connectivity index (χ4v) is 14.8. The molecule has 2 aliphatic carbocycles. The first kappa shape index (κ1) is 22.3. The number of fused-ring (bicyclic) bond motifs is 2. The van der Waals surface area contributed by atoms with Crippen LogP contribution in [0.15, 0.2) is 0 Å². The molecule has 2 saturated heterocycles. The van der Waals surface area contributed by atoms with Gasteiger partial charge in [0.05, 0.1) is 10.3 Å². The molecule has 2 N–H and O–H groups in total. The second-order valence-electron chi connectivity index (χ2n) is 11.2. The number of nitrogens with one attached hydrogen (secondary N) is 2. The van der Waals surface area contributed by atoms with Crippen LogP contribution in [0.2, 0.25) is 0 Å². The van der Waals surface area contributed by atoms with Gasteiger partial charge in [0.25, 0.3) is 0 Å². The lowest BCUT2D eigenvalue weighted by molar-refractivity contribution is -0.00766. The van der Waals surface area contributed by atoms with Gasteiger partial charge in [0.2, 0.25) is 0 Å². The van der Waals surface area contributed by atoms with Crippen LogP contribution in [0.4, 0.5) is 0 Å². The summed E-state index contributed by atoms with van der Waals surface area (Å²) in [6, 6.07) is 0. The van der Waals surface area contributed by atoms with Gasteiger partial charge in [-0.3, -0.25) is 0 Å². The summed E-state index contributed by atoms with van der Waals surface area (Å²) in [5, 5.41) is 8.01. The second-order valence-corrected chi connectivity index (χ2v) is 15.4. The molecule has 29 heavy (non-hydrogen) atoms. The lowest BCUT2D eigenvalue weighted by Gasteiger charge is -2.65. The van der Waals surface area contributed by atoms with Crippen molar-refractivity contribution in [2.24, 2.45) is 35.5 Å². The Balaban J connectivity index is 1.82. The van der Waals surface area contributed by atoms with Crippen LogP contribution >= 0.6 is 0 Å². The summed E-state index contributed by atoms with van der Waals surface area (Å²) in [6.45, 7) is 12.2. The van der Waals surface area contributed by atoms with Crippen LogP contribution < -0.4 is 10.6 Å². The maximum absolute atomic E-state index is 6.76. The van der Waals surface area contributed by atoms with E-state index in [9.17, 15) is 0 Å². The minimum absolute atomic E-state index is 0.0694. The highest BCUT2D eigenvalue weighted by Crippen LogP contribution is 2.55. The van der Waals surface area contributed by atoms with Crippen molar-refractivity contribution in [2.45, 2.75) is 89.4 Å². The Kier molecular flexibility index (Phi) is 6.29. The molecule has 8 atom stereocenters. The molecule has 2 aliphatic heterocycles. The zero-order chi connectivity index (χ0) is 20.9. The van der Waals surface area contributed by atoms with Gasteiger partial charge < -0.3 is 19.5 Å². The molecule has 168 valence electrons. The average molecular weight is 423 g/mol. The van der Waals surface area contributed by atoms with E-state index in [0.29, 0.717) is 11.8 Å². The largest absolute Gasteiger partial charge is 0.396 e. The molecular weight excluding hydrogens is 376 g/mol. The maximum Gasteiger partial charge on any atom is 0.379 e. The summed E-state index contributed by atoms with van der Waals surface area (Å²) >= 11 is 0. The van der Waals surface area contributed by atoms with Crippen molar-refractivity contribution in [1.82, 2.24) is 10.6 Å². The van der Waals surface area contributed by atoms with Crippen molar-refractivity contribution in [3.8, 4) is 0 Å². The maximum atomic E-state index is 6.76. The van der Waals surface area contributed by atoms with E-state index in [1.165, 1.54) is 51.4 Å². The number of piperidine rings is 2. The van der Waals surface area contributed by atoms with Crippen molar-refractivity contribution in [1.29, 1.82) is 0 Å². The predicted molar refractivity (Wildman–Crippen MR) is 122 cm³/mol. The van der Waals surface area contributed by atoms with Crippen LogP contribution in [-0.2, 0) is 8.85 Å². The van der Waals surface area contributed by atoms with Crippen LogP contribution in [0.25, 0.3) is 0 Å². The quantitative estimate of drug-likeness (QED) is 0.659. The van der Waals surface area contributed by atoms with E-state index < -0.39 is 8.56 Å². The Morgan fingerprint density at radius 2 is 1.10 bits per heavy atom. The van der Waals surface area contributed by atoms with Crippen molar-refractivity contribution in [3.05, 3.63) is 0 Å². The lowest BCUT2D eigenvalue weighted by atomic mass is 9.66. The topological polar surface area (TPSA) is 42.5 Å². The van der Waals surface area contributed by atoms with Crippen molar-refractivity contribution in [3.63, 3.8) is 0 Å². The van der Waals surface area contributed by atoms with Crippen LogP contribution in [0.5, 0.6) is 0 Å². The van der Waals surface area contributed by atoms with Gasteiger partial charge in [-0.05, 0) is 75.3 Å². The van der Waals surface area contributed by atoms with Gasteiger partial charge in [0.1, 0.15) is 0 Å². The molecule has 0 bridgehead atoms. The summed E-state index contributed by atoms with van der Waals surface area (Å²) < 4.78 is 13.5. The molecule has 0 radical (unpaired) electrons. The zero-order valence-corrected chi connectivity index (χ0v) is 20.9. The van der Waals surface area contributed by atoms with Gasteiger partial charge in [0.15, 0.2) is 0 Å². The molecule has 0 amide bonds. The van der Waals surface area contributed by atoms with E-state index in [1.54, 1.807) is 0 Å². The minimum atomic E-state index is -2.71. The fraction of sp³-hybridized carbons (Fsp3) is 1.00. The lowest BCUT2D eigenvalue weighted by Crippen LogP contribution is -2.87. The number of rotatable bonds is 4. The Morgan fingerprint density at radius 1 is 0.690 bits per heavy atom. The zero-order valence-electron chi connectivity index (χ0n) is 19.9. The summed E-state index contributed by atoms with van der Waals surface area (Å²) in [6.07, 6.45) is 10.9. The number of hydrogen-bond acceptors (Lipinski definition) is 4. The molecule has 0 aromatic rings. The van der Waals surface area contributed by atoms with Gasteiger partial charge in [-0.2, -0.15) is 0 Å².